The van der Waals surface area contributed by atoms with Crippen LogP contribution in [0.3, 0.4) is 0 Å². The van der Waals surface area contributed by atoms with Crippen LogP contribution in [0.5, 0.6) is 11.5 Å². The molecule has 0 N–H and O–H groups in total. The Morgan fingerprint density at radius 1 is 1.03 bits per heavy atom. The molecule has 30 heavy (non-hydrogen) atoms. The molecular weight excluding hydrogens is 408 g/mol. The average Bonchev–Trinajstić information content (AvgIpc) is 3.29. The van der Waals surface area contributed by atoms with Crippen molar-refractivity contribution in [2.75, 3.05) is 19.8 Å². The van der Waals surface area contributed by atoms with Gasteiger partial charge in [0.1, 0.15) is 19.3 Å². The Morgan fingerprint density at radius 3 is 2.73 bits per heavy atom. The predicted octanol–water partition coefficient (Wildman–Crippen LogP) is 2.82. The van der Waals surface area contributed by atoms with Gasteiger partial charge in [-0.25, -0.2) is 8.42 Å². The maximum Gasteiger partial charge on any atom is 0.249 e. The predicted molar refractivity (Wildman–Crippen MR) is 105 cm³/mol. The van der Waals surface area contributed by atoms with Gasteiger partial charge in [-0.05, 0) is 37.1 Å². The molecule has 1 atom stereocenters. The van der Waals surface area contributed by atoms with Crippen molar-refractivity contribution in [1.82, 2.24) is 19.5 Å². The van der Waals surface area contributed by atoms with Gasteiger partial charge in [0.05, 0.1) is 10.5 Å². The molecule has 3 aromatic rings. The van der Waals surface area contributed by atoms with E-state index in [0.717, 1.165) is 12.8 Å². The third-order valence-electron chi connectivity index (χ3n) is 5.21. The minimum atomic E-state index is -3.79. The van der Waals surface area contributed by atoms with Gasteiger partial charge in [-0.1, -0.05) is 6.42 Å². The monoisotopic (exact) mass is 428 g/mol. The van der Waals surface area contributed by atoms with Crippen LogP contribution in [0.2, 0.25) is 0 Å². The number of aromatic nitrogens is 3. The maximum absolute atomic E-state index is 13.5. The van der Waals surface area contributed by atoms with Crippen molar-refractivity contribution in [3.63, 3.8) is 0 Å². The minimum Gasteiger partial charge on any atom is -0.486 e. The molecule has 1 aromatic carbocycles. The van der Waals surface area contributed by atoms with Gasteiger partial charge in [0.15, 0.2) is 11.5 Å². The zero-order chi connectivity index (χ0) is 20.6. The van der Waals surface area contributed by atoms with Crippen LogP contribution in [0.25, 0.3) is 11.5 Å². The molecule has 0 aliphatic carbocycles. The fourth-order valence-corrected chi connectivity index (χ4v) is 5.40. The molecule has 1 saturated heterocycles. The summed E-state index contributed by atoms with van der Waals surface area (Å²) in [4.78, 5) is 4.21. The van der Waals surface area contributed by atoms with Gasteiger partial charge in [0.25, 0.3) is 0 Å². The Balaban J connectivity index is 1.47. The smallest absolute Gasteiger partial charge is 0.249 e. The highest BCUT2D eigenvalue weighted by Crippen LogP contribution is 2.38. The van der Waals surface area contributed by atoms with Gasteiger partial charge in [0, 0.05) is 25.0 Å². The standard InChI is InChI=1S/C20H20N4O5S/c25-30(26,15-6-7-17-18(12-15)28-11-10-27-17)24-9-2-1-5-16(24)20-23-22-19(29-20)14-4-3-8-21-13-14/h3-4,6-8,12-13,16H,1-2,5,9-11H2/t16-/m0/s1. The summed E-state index contributed by atoms with van der Waals surface area (Å²) < 4.78 is 45.3. The summed E-state index contributed by atoms with van der Waals surface area (Å²) in [7, 11) is -3.79. The molecule has 5 rings (SSSR count). The number of hydrogen-bond acceptors (Lipinski definition) is 8. The van der Waals surface area contributed by atoms with E-state index in [-0.39, 0.29) is 10.8 Å². The number of rotatable bonds is 4. The first-order chi connectivity index (χ1) is 14.6. The molecule has 2 aliphatic heterocycles. The zero-order valence-corrected chi connectivity index (χ0v) is 16.9. The SMILES string of the molecule is O=S(=O)(c1ccc2c(c1)OCCO2)N1CCCC[C@H]1c1nnc(-c2cccnc2)o1. The van der Waals surface area contributed by atoms with Crippen LogP contribution in [0.15, 0.2) is 52.0 Å². The molecule has 156 valence electrons. The highest BCUT2D eigenvalue weighted by molar-refractivity contribution is 7.89. The molecule has 4 heterocycles. The van der Waals surface area contributed by atoms with Crippen LogP contribution in [-0.4, -0.2) is 47.7 Å². The lowest BCUT2D eigenvalue weighted by molar-refractivity contribution is 0.171. The minimum absolute atomic E-state index is 0.158. The van der Waals surface area contributed by atoms with Crippen molar-refractivity contribution in [2.24, 2.45) is 0 Å². The van der Waals surface area contributed by atoms with Crippen molar-refractivity contribution in [3.05, 3.63) is 48.6 Å². The molecule has 0 saturated carbocycles. The van der Waals surface area contributed by atoms with Gasteiger partial charge in [0.2, 0.25) is 21.8 Å². The normalized spacial score (nSPS) is 19.5. The fraction of sp³-hybridized carbons (Fsp3) is 0.350. The van der Waals surface area contributed by atoms with Crippen molar-refractivity contribution in [2.45, 2.75) is 30.2 Å². The van der Waals surface area contributed by atoms with Crippen LogP contribution in [0.1, 0.15) is 31.2 Å². The quantitative estimate of drug-likeness (QED) is 0.624. The molecular formula is C20H20N4O5S. The van der Waals surface area contributed by atoms with E-state index in [1.807, 2.05) is 6.07 Å². The first-order valence-electron chi connectivity index (χ1n) is 9.78. The highest BCUT2D eigenvalue weighted by Gasteiger charge is 2.38. The van der Waals surface area contributed by atoms with Gasteiger partial charge in [-0.15, -0.1) is 10.2 Å². The second-order valence-electron chi connectivity index (χ2n) is 7.12. The Hall–Kier alpha value is -2.98. The Bertz CT molecular complexity index is 1150. The van der Waals surface area contributed by atoms with Gasteiger partial charge in [-0.2, -0.15) is 4.31 Å². The van der Waals surface area contributed by atoms with Crippen LogP contribution >= 0.6 is 0 Å². The Morgan fingerprint density at radius 2 is 1.90 bits per heavy atom. The summed E-state index contributed by atoms with van der Waals surface area (Å²) in [5.41, 5.74) is 0.688. The number of benzene rings is 1. The van der Waals surface area contributed by atoms with Crippen LogP contribution in [0.4, 0.5) is 0 Å². The lowest BCUT2D eigenvalue weighted by Crippen LogP contribution is -2.38. The lowest BCUT2D eigenvalue weighted by atomic mass is 10.1. The molecule has 2 aliphatic rings. The number of piperidine rings is 1. The first-order valence-corrected chi connectivity index (χ1v) is 11.2. The van der Waals surface area contributed by atoms with Gasteiger partial charge < -0.3 is 13.9 Å². The third kappa shape index (κ3) is 3.41. The molecule has 0 amide bonds. The van der Waals surface area contributed by atoms with Crippen molar-refractivity contribution in [3.8, 4) is 23.0 Å². The van der Waals surface area contributed by atoms with E-state index in [1.54, 1.807) is 30.6 Å². The van der Waals surface area contributed by atoms with Crippen molar-refractivity contribution < 1.29 is 22.3 Å². The molecule has 10 heteroatoms. The summed E-state index contributed by atoms with van der Waals surface area (Å²) in [5, 5.41) is 8.24. The summed E-state index contributed by atoms with van der Waals surface area (Å²) in [6.45, 7) is 1.22. The second-order valence-corrected chi connectivity index (χ2v) is 9.01. The number of hydrogen-bond donors (Lipinski definition) is 0. The van der Waals surface area contributed by atoms with Crippen LogP contribution in [-0.2, 0) is 10.0 Å². The average molecular weight is 428 g/mol. The van der Waals surface area contributed by atoms with Crippen LogP contribution < -0.4 is 9.47 Å². The Kier molecular flexibility index (Phi) is 4.87. The van der Waals surface area contributed by atoms with E-state index < -0.39 is 16.1 Å². The molecule has 0 spiro atoms. The summed E-state index contributed by atoms with van der Waals surface area (Å²) >= 11 is 0. The Labute approximate surface area is 173 Å². The molecule has 1 fully saturated rings. The second kappa shape index (κ2) is 7.69. The van der Waals surface area contributed by atoms with E-state index in [0.29, 0.717) is 49.1 Å². The maximum atomic E-state index is 13.5. The molecule has 0 unspecified atom stereocenters. The number of fused-ring (bicyclic) bond motifs is 1. The van der Waals surface area contributed by atoms with Gasteiger partial charge >= 0.3 is 0 Å². The number of pyridine rings is 1. The highest BCUT2D eigenvalue weighted by atomic mass is 32.2. The van der Waals surface area contributed by atoms with E-state index >= 15 is 0 Å². The molecule has 0 bridgehead atoms. The number of nitrogens with zero attached hydrogens (tertiary/aromatic N) is 4. The van der Waals surface area contributed by atoms with E-state index in [9.17, 15) is 8.42 Å². The number of sulfonamides is 1. The van der Waals surface area contributed by atoms with Gasteiger partial charge in [-0.3, -0.25) is 4.98 Å². The van der Waals surface area contributed by atoms with E-state index in [1.165, 1.54) is 10.4 Å². The molecule has 0 radical (unpaired) electrons. The topological polar surface area (TPSA) is 108 Å². The molecule has 2 aromatic heterocycles. The lowest BCUT2D eigenvalue weighted by Gasteiger charge is -2.32. The third-order valence-corrected chi connectivity index (χ3v) is 7.11. The summed E-state index contributed by atoms with van der Waals surface area (Å²) in [5.74, 6) is 1.59. The fourth-order valence-electron chi connectivity index (χ4n) is 3.73. The summed E-state index contributed by atoms with van der Waals surface area (Å²) in [6.07, 6.45) is 5.54. The van der Waals surface area contributed by atoms with Crippen molar-refractivity contribution in [1.29, 1.82) is 0 Å². The van der Waals surface area contributed by atoms with E-state index in [4.69, 9.17) is 13.9 Å². The van der Waals surface area contributed by atoms with Crippen LogP contribution in [0, 0.1) is 0 Å². The van der Waals surface area contributed by atoms with Crippen molar-refractivity contribution >= 4 is 10.0 Å². The summed E-state index contributed by atoms with van der Waals surface area (Å²) in [6, 6.07) is 7.77. The molecule has 9 nitrogen and oxygen atoms in total. The van der Waals surface area contributed by atoms with E-state index in [2.05, 4.69) is 15.2 Å². The zero-order valence-electron chi connectivity index (χ0n) is 16.1. The number of ether oxygens (including phenoxy) is 2. The first kappa shape index (κ1) is 19.0. The largest absolute Gasteiger partial charge is 0.486 e.